The highest BCUT2D eigenvalue weighted by Gasteiger charge is 2.69. The van der Waals surface area contributed by atoms with Crippen LogP contribution in [0.5, 0.6) is 0 Å². The first-order chi connectivity index (χ1) is 15.7. The van der Waals surface area contributed by atoms with Gasteiger partial charge in [0, 0.05) is 0 Å². The van der Waals surface area contributed by atoms with E-state index in [0.29, 0.717) is 11.6 Å². The topological polar surface area (TPSA) is 88.0 Å². The van der Waals surface area contributed by atoms with Crippen LogP contribution < -0.4 is 4.90 Å². The molecule has 3 aliphatic heterocycles. The van der Waals surface area contributed by atoms with E-state index in [9.17, 15) is 22.4 Å². The highest BCUT2D eigenvalue weighted by Crippen LogP contribution is 2.54. The van der Waals surface area contributed by atoms with Crippen LogP contribution in [-0.4, -0.2) is 55.1 Å². The molecule has 1 aromatic carbocycles. The van der Waals surface area contributed by atoms with E-state index >= 15 is 0 Å². The lowest BCUT2D eigenvalue weighted by Gasteiger charge is -2.28. The number of anilines is 1. The summed E-state index contributed by atoms with van der Waals surface area (Å²) in [6.07, 6.45) is -1.17. The normalized spacial score (nSPS) is 25.5. The van der Waals surface area contributed by atoms with Crippen LogP contribution in [0.1, 0.15) is 34.7 Å². The van der Waals surface area contributed by atoms with Crippen molar-refractivity contribution in [2.75, 3.05) is 4.90 Å². The predicted octanol–water partition coefficient (Wildman–Crippen LogP) is 3.24. The number of piperazine rings is 1. The molecule has 3 saturated heterocycles. The molecule has 0 saturated carbocycles. The van der Waals surface area contributed by atoms with Gasteiger partial charge in [-0.2, -0.15) is 18.2 Å². The van der Waals surface area contributed by atoms with Crippen molar-refractivity contribution in [2.45, 2.75) is 50.1 Å². The fraction of sp³-hybridized carbons (Fsp3) is 0.381. The summed E-state index contributed by atoms with van der Waals surface area (Å²) in [6, 6.07) is 3.50. The molecule has 170 valence electrons. The molecule has 4 unspecified atom stereocenters. The zero-order chi connectivity index (χ0) is 23.1. The monoisotopic (exact) mass is 460 g/mol. The predicted molar refractivity (Wildman–Crippen MR) is 104 cm³/mol. The van der Waals surface area contributed by atoms with Crippen molar-refractivity contribution in [1.82, 2.24) is 25.0 Å². The second-order valence-corrected chi connectivity index (χ2v) is 8.41. The van der Waals surface area contributed by atoms with Crippen molar-refractivity contribution in [1.29, 1.82) is 0 Å². The third-order valence-electron chi connectivity index (χ3n) is 6.56. The van der Waals surface area contributed by atoms with E-state index in [1.54, 1.807) is 11.8 Å². The minimum Gasteiger partial charge on any atom is -0.341 e. The number of aryl methyl sites for hydroxylation is 1. The number of alkyl halides is 3. The van der Waals surface area contributed by atoms with Crippen LogP contribution >= 0.6 is 0 Å². The van der Waals surface area contributed by atoms with Gasteiger partial charge in [0.2, 0.25) is 0 Å². The van der Waals surface area contributed by atoms with Gasteiger partial charge in [0.25, 0.3) is 11.8 Å². The van der Waals surface area contributed by atoms with Gasteiger partial charge in [-0.3, -0.25) is 4.79 Å². The number of carbonyl (C=O) groups is 1. The zero-order valence-corrected chi connectivity index (χ0v) is 17.1. The Morgan fingerprint density at radius 2 is 1.85 bits per heavy atom. The third kappa shape index (κ3) is 3.00. The van der Waals surface area contributed by atoms with Crippen molar-refractivity contribution in [3.63, 3.8) is 0 Å². The van der Waals surface area contributed by atoms with Gasteiger partial charge in [0.1, 0.15) is 11.6 Å². The van der Waals surface area contributed by atoms with Crippen LogP contribution in [0.25, 0.3) is 11.5 Å². The lowest BCUT2D eigenvalue weighted by atomic mass is 10.0. The van der Waals surface area contributed by atoms with E-state index in [-0.39, 0.29) is 47.1 Å². The molecule has 0 spiro atoms. The Bertz CT molecular complexity index is 1240. The number of nitrogens with zero attached hydrogens (tertiary/aromatic N) is 6. The molecule has 2 bridgehead atoms. The second kappa shape index (κ2) is 6.72. The van der Waals surface area contributed by atoms with E-state index < -0.39 is 17.7 Å². The fourth-order valence-corrected chi connectivity index (χ4v) is 5.26. The van der Waals surface area contributed by atoms with E-state index in [4.69, 9.17) is 4.52 Å². The summed E-state index contributed by atoms with van der Waals surface area (Å²) >= 11 is 0. The number of aromatic nitrogens is 4. The molecule has 6 rings (SSSR count). The molecule has 3 fully saturated rings. The third-order valence-corrected chi connectivity index (χ3v) is 6.56. The van der Waals surface area contributed by atoms with Gasteiger partial charge in [-0.1, -0.05) is 5.16 Å². The first-order valence-corrected chi connectivity index (χ1v) is 10.3. The fourth-order valence-electron chi connectivity index (χ4n) is 5.26. The number of halogens is 4. The van der Waals surface area contributed by atoms with Gasteiger partial charge < -0.3 is 14.3 Å². The summed E-state index contributed by atoms with van der Waals surface area (Å²) in [7, 11) is 0. The maximum absolute atomic E-state index is 14.0. The van der Waals surface area contributed by atoms with Crippen LogP contribution in [0.4, 0.5) is 23.4 Å². The number of amides is 1. The molecule has 4 atom stereocenters. The molecule has 3 aromatic rings. The van der Waals surface area contributed by atoms with E-state index in [1.807, 2.05) is 4.90 Å². The molecule has 3 aliphatic rings. The van der Waals surface area contributed by atoms with Crippen LogP contribution in [0.2, 0.25) is 0 Å². The Morgan fingerprint density at radius 1 is 1.12 bits per heavy atom. The summed E-state index contributed by atoms with van der Waals surface area (Å²) in [4.78, 5) is 28.8. The zero-order valence-electron chi connectivity index (χ0n) is 17.1. The minimum atomic E-state index is -4.55. The Kier molecular flexibility index (Phi) is 4.08. The molecule has 33 heavy (non-hydrogen) atoms. The largest absolute Gasteiger partial charge is 0.434 e. The standard InChI is InChI=1S/C21H16F4N6O2/c1-9-28-19(33-29-9)12-6-10(22)2-3-11(12)20(32)30-13-4-5-14(30)18-17(13)31(18)16-8-26-15(7-27-16)21(23,24)25/h2-3,6-8,13-14,17-18H,4-5H2,1H3. The maximum atomic E-state index is 14.0. The van der Waals surface area contributed by atoms with Crippen molar-refractivity contribution in [3.8, 4) is 11.5 Å². The average Bonchev–Trinajstić information content (AvgIpc) is 3.05. The van der Waals surface area contributed by atoms with Crippen LogP contribution in [0.15, 0.2) is 35.1 Å². The number of hydrogen-bond acceptors (Lipinski definition) is 7. The number of carbonyl (C=O) groups excluding carboxylic acids is 1. The SMILES string of the molecule is Cc1noc(-c2cc(F)ccc2C(=O)N2C3CCC2C2C3N2c2cnc(C(F)(F)F)cn2)n1. The number of fused-ring (bicyclic) bond motifs is 5. The summed E-state index contributed by atoms with van der Waals surface area (Å²) in [5.41, 5.74) is -0.553. The summed E-state index contributed by atoms with van der Waals surface area (Å²) in [6.45, 7) is 1.63. The molecule has 0 N–H and O–H groups in total. The highest BCUT2D eigenvalue weighted by molar-refractivity contribution is 6.01. The van der Waals surface area contributed by atoms with Crippen molar-refractivity contribution < 1.29 is 26.9 Å². The number of rotatable bonds is 3. The van der Waals surface area contributed by atoms with Gasteiger partial charge in [0.05, 0.1) is 47.7 Å². The van der Waals surface area contributed by atoms with Crippen LogP contribution in [0, 0.1) is 12.7 Å². The first-order valence-electron chi connectivity index (χ1n) is 10.3. The van der Waals surface area contributed by atoms with Gasteiger partial charge >= 0.3 is 6.18 Å². The number of benzene rings is 1. The molecular formula is C21H16F4N6O2. The Labute approximate surface area is 184 Å². The van der Waals surface area contributed by atoms with Gasteiger partial charge in [-0.15, -0.1) is 0 Å². The molecule has 12 heteroatoms. The second-order valence-electron chi connectivity index (χ2n) is 8.41. The summed E-state index contributed by atoms with van der Waals surface area (Å²) in [5.74, 6) is -0.00124. The Morgan fingerprint density at radius 3 is 2.42 bits per heavy atom. The van der Waals surface area contributed by atoms with Gasteiger partial charge in [0.15, 0.2) is 11.5 Å². The van der Waals surface area contributed by atoms with Gasteiger partial charge in [-0.05, 0) is 38.0 Å². The summed E-state index contributed by atoms with van der Waals surface area (Å²) < 4.78 is 57.5. The molecule has 8 nitrogen and oxygen atoms in total. The molecular weight excluding hydrogens is 444 g/mol. The average molecular weight is 460 g/mol. The van der Waals surface area contributed by atoms with Gasteiger partial charge in [-0.25, -0.2) is 14.4 Å². The van der Waals surface area contributed by atoms with Crippen molar-refractivity contribution in [3.05, 3.63) is 53.5 Å². The van der Waals surface area contributed by atoms with Crippen molar-refractivity contribution in [2.24, 2.45) is 0 Å². The molecule has 2 aromatic heterocycles. The van der Waals surface area contributed by atoms with E-state index in [2.05, 4.69) is 20.1 Å². The maximum Gasteiger partial charge on any atom is 0.434 e. The van der Waals surface area contributed by atoms with Crippen LogP contribution in [-0.2, 0) is 6.18 Å². The van der Waals surface area contributed by atoms with Crippen LogP contribution in [0.3, 0.4) is 0 Å². The molecule has 0 radical (unpaired) electrons. The summed E-state index contributed by atoms with van der Waals surface area (Å²) in [5, 5.41) is 3.72. The molecule has 1 amide bonds. The first kappa shape index (κ1) is 20.1. The smallest absolute Gasteiger partial charge is 0.341 e. The quantitative estimate of drug-likeness (QED) is 0.438. The lowest BCUT2D eigenvalue weighted by Crippen LogP contribution is -2.43. The Hall–Kier alpha value is -3.57. The lowest BCUT2D eigenvalue weighted by molar-refractivity contribution is -0.141. The molecule has 0 aliphatic carbocycles. The van der Waals surface area contributed by atoms with E-state index in [0.717, 1.165) is 25.2 Å². The Balaban J connectivity index is 1.27. The minimum absolute atomic E-state index is 0.0340. The van der Waals surface area contributed by atoms with Crippen molar-refractivity contribution >= 4 is 11.7 Å². The number of hydrogen-bond donors (Lipinski definition) is 0. The van der Waals surface area contributed by atoms with E-state index in [1.165, 1.54) is 18.2 Å². The highest BCUT2D eigenvalue weighted by atomic mass is 19.4. The molecule has 5 heterocycles.